The van der Waals surface area contributed by atoms with Gasteiger partial charge in [0, 0.05) is 0 Å². The van der Waals surface area contributed by atoms with E-state index in [0.717, 1.165) is 35.7 Å². The molecule has 0 aliphatic carbocycles. The maximum Gasteiger partial charge on any atom is 0.119 e. The molecule has 0 fully saturated rings. The van der Waals surface area contributed by atoms with Crippen LogP contribution in [-0.4, -0.2) is 12.7 Å². The fourth-order valence-corrected chi connectivity index (χ4v) is 1.91. The first-order valence-electron chi connectivity index (χ1n) is 7.10. The normalized spacial score (nSPS) is 10.6. The monoisotopic (exact) mass is 269 g/mol. The van der Waals surface area contributed by atoms with Gasteiger partial charge < -0.3 is 9.47 Å². The van der Waals surface area contributed by atoms with Crippen LogP contribution in [0.2, 0.25) is 0 Å². The minimum absolute atomic E-state index is 0.193. The van der Waals surface area contributed by atoms with E-state index in [2.05, 4.69) is 13.0 Å². The van der Waals surface area contributed by atoms with E-state index in [1.807, 2.05) is 56.3 Å². The second-order valence-electron chi connectivity index (χ2n) is 4.98. The highest BCUT2D eigenvalue weighted by atomic mass is 16.5. The van der Waals surface area contributed by atoms with Gasteiger partial charge in [0.25, 0.3) is 0 Å². The molecule has 0 bridgehead atoms. The Morgan fingerprint density at radius 3 is 2.45 bits per heavy atom. The Kier molecular flexibility index (Phi) is 5.05. The second-order valence-corrected chi connectivity index (χ2v) is 4.98. The summed E-state index contributed by atoms with van der Waals surface area (Å²) in [5, 5.41) is 0. The summed E-state index contributed by atoms with van der Waals surface area (Å²) in [7, 11) is 0. The Morgan fingerprint density at radius 1 is 1.05 bits per heavy atom. The van der Waals surface area contributed by atoms with E-state index in [-0.39, 0.29) is 6.10 Å². The molecule has 2 nitrogen and oxygen atoms in total. The fraction of sp³-hybridized carbons (Fsp3) is 0.333. The van der Waals surface area contributed by atoms with Crippen LogP contribution in [0.15, 0.2) is 42.5 Å². The van der Waals surface area contributed by atoms with Crippen LogP contribution in [0.25, 0.3) is 11.1 Å². The molecule has 0 amide bonds. The first kappa shape index (κ1) is 14.4. The van der Waals surface area contributed by atoms with E-state index in [1.165, 1.54) is 0 Å². The number of benzene rings is 2. The number of hydrogen-bond donors (Lipinski definition) is 0. The number of hydrogen-bond acceptors (Lipinski definition) is 2. The third kappa shape index (κ3) is 4.02. The van der Waals surface area contributed by atoms with E-state index in [1.54, 1.807) is 0 Å². The van der Waals surface area contributed by atoms with Gasteiger partial charge >= 0.3 is 0 Å². The van der Waals surface area contributed by atoms with Crippen LogP contribution in [0.3, 0.4) is 0 Å². The zero-order valence-corrected chi connectivity index (χ0v) is 12.3. The zero-order valence-electron chi connectivity index (χ0n) is 12.3. The van der Waals surface area contributed by atoms with Gasteiger partial charge in [-0.3, -0.25) is 0 Å². The van der Waals surface area contributed by atoms with Gasteiger partial charge in [-0.25, -0.2) is 0 Å². The Morgan fingerprint density at radius 2 is 1.80 bits per heavy atom. The molecule has 0 aromatic heterocycles. The maximum atomic E-state index is 5.65. The standard InChI is InChI=1S/C18H21O2/c1-4-12-19-18-7-5-6-16(13-18)15-8-10-17(11-9-15)20-14(2)3/h5,7-11,13-14H,4,12H2,1-3H3. The molecular formula is C18H21O2. The zero-order chi connectivity index (χ0) is 14.4. The van der Waals surface area contributed by atoms with Gasteiger partial charge in [-0.2, -0.15) is 0 Å². The first-order valence-corrected chi connectivity index (χ1v) is 7.10. The van der Waals surface area contributed by atoms with Crippen molar-refractivity contribution in [2.24, 2.45) is 0 Å². The summed E-state index contributed by atoms with van der Waals surface area (Å²) in [5.74, 6) is 1.78. The van der Waals surface area contributed by atoms with Gasteiger partial charge in [-0.15, -0.1) is 0 Å². The van der Waals surface area contributed by atoms with Crippen molar-refractivity contribution in [2.45, 2.75) is 33.3 Å². The van der Waals surface area contributed by atoms with Gasteiger partial charge in [0.1, 0.15) is 11.5 Å². The van der Waals surface area contributed by atoms with Crippen molar-refractivity contribution in [3.05, 3.63) is 48.5 Å². The predicted octanol–water partition coefficient (Wildman–Crippen LogP) is 4.73. The van der Waals surface area contributed by atoms with E-state index < -0.39 is 0 Å². The molecule has 0 heterocycles. The lowest BCUT2D eigenvalue weighted by atomic mass is 10.1. The molecule has 0 aliphatic rings. The van der Waals surface area contributed by atoms with Crippen LogP contribution in [-0.2, 0) is 0 Å². The molecular weight excluding hydrogens is 248 g/mol. The Bertz CT molecular complexity index is 529. The minimum atomic E-state index is 0.193. The lowest BCUT2D eigenvalue weighted by Gasteiger charge is -2.10. The van der Waals surface area contributed by atoms with Gasteiger partial charge in [0.15, 0.2) is 0 Å². The molecule has 1 radical (unpaired) electrons. The van der Waals surface area contributed by atoms with Crippen LogP contribution in [0, 0.1) is 6.07 Å². The molecule has 0 aliphatic heterocycles. The third-order valence-corrected chi connectivity index (χ3v) is 2.78. The SMILES string of the molecule is CCCOc1cc[c]c(-c2ccc(OC(C)C)cc2)c1. The Labute approximate surface area is 121 Å². The summed E-state index contributed by atoms with van der Waals surface area (Å²) in [6.45, 7) is 6.89. The largest absolute Gasteiger partial charge is 0.494 e. The van der Waals surface area contributed by atoms with E-state index in [4.69, 9.17) is 9.47 Å². The Hall–Kier alpha value is -1.96. The summed E-state index contributed by atoms with van der Waals surface area (Å²) < 4.78 is 11.3. The van der Waals surface area contributed by atoms with Crippen molar-refractivity contribution in [2.75, 3.05) is 6.61 Å². The van der Waals surface area contributed by atoms with Crippen molar-refractivity contribution in [3.63, 3.8) is 0 Å². The number of ether oxygens (including phenoxy) is 2. The average Bonchev–Trinajstić information content (AvgIpc) is 2.45. The lowest BCUT2D eigenvalue weighted by Crippen LogP contribution is -2.05. The Balaban J connectivity index is 2.14. The highest BCUT2D eigenvalue weighted by Crippen LogP contribution is 2.25. The predicted molar refractivity (Wildman–Crippen MR) is 82.3 cm³/mol. The van der Waals surface area contributed by atoms with Crippen LogP contribution in [0.1, 0.15) is 27.2 Å². The summed E-state index contributed by atoms with van der Waals surface area (Å²) in [6.07, 6.45) is 1.20. The summed E-state index contributed by atoms with van der Waals surface area (Å²) in [6, 6.07) is 17.2. The van der Waals surface area contributed by atoms with Gasteiger partial charge in [-0.05, 0) is 61.7 Å². The first-order chi connectivity index (χ1) is 9.69. The third-order valence-electron chi connectivity index (χ3n) is 2.78. The average molecular weight is 269 g/mol. The van der Waals surface area contributed by atoms with Crippen LogP contribution in [0.4, 0.5) is 0 Å². The molecule has 0 atom stereocenters. The fourth-order valence-electron chi connectivity index (χ4n) is 1.91. The number of rotatable bonds is 6. The quantitative estimate of drug-likeness (QED) is 0.754. The smallest absolute Gasteiger partial charge is 0.119 e. The molecule has 2 aromatic carbocycles. The summed E-state index contributed by atoms with van der Waals surface area (Å²) in [4.78, 5) is 0. The van der Waals surface area contributed by atoms with Crippen LogP contribution >= 0.6 is 0 Å². The molecule has 20 heavy (non-hydrogen) atoms. The molecule has 105 valence electrons. The van der Waals surface area contributed by atoms with Crippen molar-refractivity contribution in [1.82, 2.24) is 0 Å². The maximum absolute atomic E-state index is 5.65. The van der Waals surface area contributed by atoms with Gasteiger partial charge in [0.05, 0.1) is 12.7 Å². The van der Waals surface area contributed by atoms with Gasteiger partial charge in [0.2, 0.25) is 0 Å². The highest BCUT2D eigenvalue weighted by molar-refractivity contribution is 5.65. The molecule has 0 saturated heterocycles. The van der Waals surface area contributed by atoms with Crippen molar-refractivity contribution in [1.29, 1.82) is 0 Å². The molecule has 0 unspecified atom stereocenters. The second kappa shape index (κ2) is 6.99. The van der Waals surface area contributed by atoms with E-state index >= 15 is 0 Å². The lowest BCUT2D eigenvalue weighted by molar-refractivity contribution is 0.242. The molecule has 2 heteroatoms. The summed E-state index contributed by atoms with van der Waals surface area (Å²) >= 11 is 0. The van der Waals surface area contributed by atoms with Crippen LogP contribution in [0.5, 0.6) is 11.5 Å². The van der Waals surface area contributed by atoms with Gasteiger partial charge in [-0.1, -0.05) is 25.1 Å². The molecule has 2 aromatic rings. The summed E-state index contributed by atoms with van der Waals surface area (Å²) in [5.41, 5.74) is 2.15. The van der Waals surface area contributed by atoms with Crippen molar-refractivity contribution in [3.8, 4) is 22.6 Å². The molecule has 0 spiro atoms. The molecule has 2 rings (SSSR count). The van der Waals surface area contributed by atoms with E-state index in [0.29, 0.717) is 0 Å². The molecule has 0 saturated carbocycles. The molecule has 0 N–H and O–H groups in total. The van der Waals surface area contributed by atoms with Crippen LogP contribution < -0.4 is 9.47 Å². The topological polar surface area (TPSA) is 18.5 Å². The highest BCUT2D eigenvalue weighted by Gasteiger charge is 2.02. The van der Waals surface area contributed by atoms with Crippen molar-refractivity contribution < 1.29 is 9.47 Å². The van der Waals surface area contributed by atoms with Crippen molar-refractivity contribution >= 4 is 0 Å². The minimum Gasteiger partial charge on any atom is -0.494 e. The van der Waals surface area contributed by atoms with E-state index in [9.17, 15) is 0 Å².